The van der Waals surface area contributed by atoms with Gasteiger partial charge in [0.15, 0.2) is 0 Å². The third kappa shape index (κ3) is 2.93. The molecule has 104 valence electrons. The van der Waals surface area contributed by atoms with Gasteiger partial charge in [-0.15, -0.1) is 0 Å². The molecule has 2 N–H and O–H groups in total. The zero-order chi connectivity index (χ0) is 13.1. The van der Waals surface area contributed by atoms with Crippen LogP contribution in [0, 0.1) is 0 Å². The van der Waals surface area contributed by atoms with Gasteiger partial charge in [0.1, 0.15) is 0 Å². The topological polar surface area (TPSA) is 51.0 Å². The van der Waals surface area contributed by atoms with Gasteiger partial charge in [0.05, 0.1) is 26.4 Å². The predicted molar refractivity (Wildman–Crippen MR) is 76.9 cm³/mol. The summed E-state index contributed by atoms with van der Waals surface area (Å²) in [6.45, 7) is 6.92. The summed E-state index contributed by atoms with van der Waals surface area (Å²) >= 11 is 0. The van der Waals surface area contributed by atoms with Crippen molar-refractivity contribution in [1.29, 1.82) is 0 Å². The van der Waals surface area contributed by atoms with E-state index in [0.29, 0.717) is 0 Å². The number of nitrogen functional groups attached to an aromatic ring is 1. The van der Waals surface area contributed by atoms with Crippen LogP contribution in [0.15, 0.2) is 18.2 Å². The van der Waals surface area contributed by atoms with Gasteiger partial charge in [-0.3, -0.25) is 0 Å². The Morgan fingerprint density at radius 3 is 1.58 bits per heavy atom. The van der Waals surface area contributed by atoms with E-state index in [1.807, 2.05) is 0 Å². The lowest BCUT2D eigenvalue weighted by atomic mass is 10.2. The minimum Gasteiger partial charge on any atom is -0.399 e. The Labute approximate surface area is 113 Å². The summed E-state index contributed by atoms with van der Waals surface area (Å²) in [7, 11) is 0. The molecule has 19 heavy (non-hydrogen) atoms. The van der Waals surface area contributed by atoms with Crippen molar-refractivity contribution in [2.75, 3.05) is 68.1 Å². The van der Waals surface area contributed by atoms with Crippen LogP contribution in [0.3, 0.4) is 0 Å². The fraction of sp³-hybridized carbons (Fsp3) is 0.571. The van der Waals surface area contributed by atoms with Crippen LogP contribution in [0.5, 0.6) is 0 Å². The molecule has 1 aromatic carbocycles. The summed E-state index contributed by atoms with van der Waals surface area (Å²) in [5.74, 6) is 0. The molecule has 5 nitrogen and oxygen atoms in total. The van der Waals surface area contributed by atoms with Crippen molar-refractivity contribution < 1.29 is 9.47 Å². The van der Waals surface area contributed by atoms with Crippen LogP contribution in [0.25, 0.3) is 0 Å². The van der Waals surface area contributed by atoms with E-state index in [2.05, 4.69) is 28.0 Å². The molecule has 3 rings (SSSR count). The zero-order valence-electron chi connectivity index (χ0n) is 11.2. The van der Waals surface area contributed by atoms with Crippen LogP contribution in [-0.2, 0) is 9.47 Å². The second-order valence-electron chi connectivity index (χ2n) is 4.98. The van der Waals surface area contributed by atoms with Crippen LogP contribution >= 0.6 is 0 Å². The number of nitrogens with two attached hydrogens (primary N) is 1. The van der Waals surface area contributed by atoms with Crippen molar-refractivity contribution in [3.05, 3.63) is 18.2 Å². The molecule has 2 fully saturated rings. The Bertz CT molecular complexity index is 390. The van der Waals surface area contributed by atoms with Crippen molar-refractivity contribution >= 4 is 17.1 Å². The molecular formula is C14H21N3O2. The number of ether oxygens (including phenoxy) is 2. The summed E-state index contributed by atoms with van der Waals surface area (Å²) in [5.41, 5.74) is 9.28. The average Bonchev–Trinajstić information content (AvgIpc) is 2.48. The number of nitrogens with zero attached hydrogens (tertiary/aromatic N) is 2. The van der Waals surface area contributed by atoms with E-state index >= 15 is 0 Å². The summed E-state index contributed by atoms with van der Waals surface area (Å²) in [6.07, 6.45) is 0. The summed E-state index contributed by atoms with van der Waals surface area (Å²) in [5, 5.41) is 0. The number of morpholine rings is 2. The molecule has 0 radical (unpaired) electrons. The van der Waals surface area contributed by atoms with Gasteiger partial charge in [-0.1, -0.05) is 0 Å². The van der Waals surface area contributed by atoms with Crippen molar-refractivity contribution in [2.24, 2.45) is 0 Å². The number of anilines is 3. The molecule has 1 aromatic rings. The fourth-order valence-electron chi connectivity index (χ4n) is 2.63. The molecule has 2 saturated heterocycles. The van der Waals surface area contributed by atoms with E-state index in [1.165, 1.54) is 11.4 Å². The number of rotatable bonds is 2. The van der Waals surface area contributed by atoms with Crippen LogP contribution in [-0.4, -0.2) is 52.6 Å². The van der Waals surface area contributed by atoms with Crippen molar-refractivity contribution in [3.63, 3.8) is 0 Å². The molecule has 0 amide bonds. The van der Waals surface area contributed by atoms with E-state index in [9.17, 15) is 0 Å². The first-order valence-electron chi connectivity index (χ1n) is 6.89. The van der Waals surface area contributed by atoms with Crippen molar-refractivity contribution in [3.8, 4) is 0 Å². The Hall–Kier alpha value is -1.46. The highest BCUT2D eigenvalue weighted by molar-refractivity contribution is 5.67. The second kappa shape index (κ2) is 5.67. The van der Waals surface area contributed by atoms with Crippen molar-refractivity contribution in [2.45, 2.75) is 0 Å². The van der Waals surface area contributed by atoms with E-state index < -0.39 is 0 Å². The normalized spacial score (nSPS) is 20.6. The first-order chi connectivity index (χ1) is 9.33. The highest BCUT2D eigenvalue weighted by Gasteiger charge is 2.16. The number of hydrogen-bond acceptors (Lipinski definition) is 5. The third-order valence-corrected chi connectivity index (χ3v) is 3.68. The lowest BCUT2D eigenvalue weighted by Gasteiger charge is -2.32. The third-order valence-electron chi connectivity index (χ3n) is 3.68. The van der Waals surface area contributed by atoms with Gasteiger partial charge < -0.3 is 25.0 Å². The second-order valence-corrected chi connectivity index (χ2v) is 4.98. The van der Waals surface area contributed by atoms with Crippen LogP contribution in [0.4, 0.5) is 17.1 Å². The van der Waals surface area contributed by atoms with E-state index in [0.717, 1.165) is 58.3 Å². The first-order valence-corrected chi connectivity index (χ1v) is 6.89. The first kappa shape index (κ1) is 12.6. The summed E-state index contributed by atoms with van der Waals surface area (Å²) in [4.78, 5) is 4.67. The van der Waals surface area contributed by atoms with Gasteiger partial charge in [-0.05, 0) is 18.2 Å². The van der Waals surface area contributed by atoms with Gasteiger partial charge in [0, 0.05) is 43.2 Å². The van der Waals surface area contributed by atoms with Crippen LogP contribution in [0.2, 0.25) is 0 Å². The van der Waals surface area contributed by atoms with Gasteiger partial charge in [-0.2, -0.15) is 0 Å². The molecular weight excluding hydrogens is 242 g/mol. The molecule has 0 atom stereocenters. The molecule has 0 saturated carbocycles. The maximum atomic E-state index is 6.06. The molecule has 0 aromatic heterocycles. The number of benzene rings is 1. The maximum Gasteiger partial charge on any atom is 0.0642 e. The van der Waals surface area contributed by atoms with Gasteiger partial charge in [0.2, 0.25) is 0 Å². The zero-order valence-corrected chi connectivity index (χ0v) is 11.2. The highest BCUT2D eigenvalue weighted by Crippen LogP contribution is 2.27. The van der Waals surface area contributed by atoms with Crippen LogP contribution in [0.1, 0.15) is 0 Å². The smallest absolute Gasteiger partial charge is 0.0642 e. The van der Waals surface area contributed by atoms with Gasteiger partial charge in [0.25, 0.3) is 0 Å². The Morgan fingerprint density at radius 1 is 0.737 bits per heavy atom. The Morgan fingerprint density at radius 2 is 1.16 bits per heavy atom. The molecule has 2 heterocycles. The van der Waals surface area contributed by atoms with Gasteiger partial charge >= 0.3 is 0 Å². The summed E-state index contributed by atoms with van der Waals surface area (Å²) in [6, 6.07) is 6.33. The standard InChI is InChI=1S/C14H21N3O2/c15-12-9-13(16-1-5-18-6-2-16)11-14(10-12)17-3-7-19-8-4-17/h9-11H,1-8,15H2. The molecule has 0 spiro atoms. The highest BCUT2D eigenvalue weighted by atomic mass is 16.5. The van der Waals surface area contributed by atoms with Gasteiger partial charge in [-0.25, -0.2) is 0 Å². The van der Waals surface area contributed by atoms with Crippen LogP contribution < -0.4 is 15.5 Å². The molecule has 0 bridgehead atoms. The molecule has 2 aliphatic rings. The maximum absolute atomic E-state index is 6.06. The summed E-state index contributed by atoms with van der Waals surface area (Å²) < 4.78 is 10.8. The van der Waals surface area contributed by atoms with Crippen molar-refractivity contribution in [1.82, 2.24) is 0 Å². The minimum atomic E-state index is 0.793. The SMILES string of the molecule is Nc1cc(N2CCOCC2)cc(N2CCOCC2)c1. The molecule has 0 aliphatic carbocycles. The number of hydrogen-bond donors (Lipinski definition) is 1. The Balaban J connectivity index is 1.82. The quantitative estimate of drug-likeness (QED) is 0.805. The Kier molecular flexibility index (Phi) is 3.75. The monoisotopic (exact) mass is 263 g/mol. The van der Waals surface area contributed by atoms with E-state index in [1.54, 1.807) is 0 Å². The van der Waals surface area contributed by atoms with E-state index in [4.69, 9.17) is 15.2 Å². The average molecular weight is 263 g/mol. The minimum absolute atomic E-state index is 0.793. The molecule has 5 heteroatoms. The fourth-order valence-corrected chi connectivity index (χ4v) is 2.63. The van der Waals surface area contributed by atoms with E-state index in [-0.39, 0.29) is 0 Å². The largest absolute Gasteiger partial charge is 0.399 e. The lowest BCUT2D eigenvalue weighted by molar-refractivity contribution is 0.122. The molecule has 0 unspecified atom stereocenters. The lowest BCUT2D eigenvalue weighted by Crippen LogP contribution is -2.38. The predicted octanol–water partition coefficient (Wildman–Crippen LogP) is 0.942. The molecule has 2 aliphatic heterocycles.